The number of benzene rings is 4. The first-order valence-electron chi connectivity index (χ1n) is 15.3. The minimum Gasteiger partial charge on any atom is -0.324 e. The number of hydrogen-bond acceptors (Lipinski definition) is 5. The van der Waals surface area contributed by atoms with Gasteiger partial charge in [0.2, 0.25) is 5.95 Å². The lowest BCUT2D eigenvalue weighted by molar-refractivity contribution is -0.145. The monoisotopic (exact) mass is 665 g/mol. The molecule has 48 heavy (non-hydrogen) atoms. The highest BCUT2D eigenvalue weighted by Gasteiger charge is 2.31. The number of nitrogens with one attached hydrogen (secondary N) is 2. The minimum atomic E-state index is -4.47. The van der Waals surface area contributed by atoms with Crippen molar-refractivity contribution in [2.24, 2.45) is 0 Å². The maximum atomic E-state index is 13.1. The lowest BCUT2D eigenvalue weighted by Gasteiger charge is -2.24. The summed E-state index contributed by atoms with van der Waals surface area (Å²) in [5.41, 5.74) is 5.47. The molecule has 0 aliphatic rings. The van der Waals surface area contributed by atoms with Crippen molar-refractivity contribution >= 4 is 34.1 Å². The molecule has 0 atom stereocenters. The molecule has 1 heterocycles. The van der Waals surface area contributed by atoms with Gasteiger partial charge in [-0.3, -0.25) is 4.79 Å². The maximum Gasteiger partial charge on any atom is 0.390 e. The Morgan fingerprint density at radius 2 is 1.40 bits per heavy atom. The number of amides is 1. The van der Waals surface area contributed by atoms with E-state index in [1.165, 1.54) is 4.90 Å². The third kappa shape index (κ3) is 9.77. The highest BCUT2D eigenvalue weighted by molar-refractivity contribution is 6.05. The number of carbonyl (C=O) groups excluding carboxylic acids is 1. The second kappa shape index (κ2) is 14.8. The van der Waals surface area contributed by atoms with Crippen molar-refractivity contribution in [3.05, 3.63) is 114 Å². The zero-order valence-electron chi connectivity index (χ0n) is 26.0. The average molecular weight is 666 g/mol. The number of halogens is 6. The number of alkyl halides is 6. The van der Waals surface area contributed by atoms with Gasteiger partial charge in [0.25, 0.3) is 5.91 Å². The Balaban J connectivity index is 1.24. The van der Waals surface area contributed by atoms with Gasteiger partial charge in [0, 0.05) is 47.5 Å². The van der Waals surface area contributed by atoms with Crippen molar-refractivity contribution < 1.29 is 31.1 Å². The normalized spacial score (nSPS) is 12.0. The molecular formula is C36H33F6N5O. The van der Waals surface area contributed by atoms with Crippen molar-refractivity contribution in [3.8, 4) is 11.3 Å². The van der Waals surface area contributed by atoms with E-state index in [9.17, 15) is 31.1 Å². The Kier molecular flexibility index (Phi) is 10.6. The first-order chi connectivity index (χ1) is 22.8. The molecular weight excluding hydrogens is 632 g/mol. The number of aromatic nitrogens is 2. The van der Waals surface area contributed by atoms with Gasteiger partial charge < -0.3 is 15.5 Å². The molecule has 4 aromatic carbocycles. The van der Waals surface area contributed by atoms with Gasteiger partial charge in [-0.15, -0.1) is 0 Å². The van der Waals surface area contributed by atoms with E-state index in [2.05, 4.69) is 15.6 Å². The maximum absolute atomic E-state index is 13.1. The number of rotatable bonds is 12. The molecule has 2 N–H and O–H groups in total. The summed E-state index contributed by atoms with van der Waals surface area (Å²) in [5, 5.41) is 7.00. The predicted octanol–water partition coefficient (Wildman–Crippen LogP) is 9.35. The first-order valence-corrected chi connectivity index (χ1v) is 15.3. The fourth-order valence-electron chi connectivity index (χ4n) is 5.13. The van der Waals surface area contributed by atoms with Gasteiger partial charge in [0.05, 0.1) is 24.1 Å². The van der Waals surface area contributed by atoms with Crippen LogP contribution in [0.15, 0.2) is 97.1 Å². The second-order valence-corrected chi connectivity index (χ2v) is 11.4. The van der Waals surface area contributed by atoms with Crippen LogP contribution in [0.4, 0.5) is 43.7 Å². The smallest absolute Gasteiger partial charge is 0.324 e. The average Bonchev–Trinajstić information content (AvgIpc) is 3.05. The molecule has 5 rings (SSSR count). The number of anilines is 3. The van der Waals surface area contributed by atoms with Crippen LogP contribution in [0.25, 0.3) is 22.2 Å². The van der Waals surface area contributed by atoms with Crippen LogP contribution < -0.4 is 10.6 Å². The Hall–Kier alpha value is -4.97. The van der Waals surface area contributed by atoms with Crippen LogP contribution in [-0.2, 0) is 6.42 Å². The lowest BCUT2D eigenvalue weighted by atomic mass is 10.1. The van der Waals surface area contributed by atoms with E-state index in [0.29, 0.717) is 28.5 Å². The Bertz CT molecular complexity index is 1830. The summed E-state index contributed by atoms with van der Waals surface area (Å²) in [5.74, 6) is 0.0136. The van der Waals surface area contributed by atoms with E-state index in [1.54, 1.807) is 49.4 Å². The molecule has 0 bridgehead atoms. The fraction of sp³-hybridized carbons (Fsp3) is 0.250. The van der Waals surface area contributed by atoms with Crippen molar-refractivity contribution in [1.82, 2.24) is 14.9 Å². The standard InChI is InChI=1S/C36H33F6N5O/c1-24-11-12-25(17-20-47(21-18-35(37,38)39)22-19-36(40,41)42)23-31(24)44-33(48)27-13-15-28(16-14-27)43-34-45-30-10-6-5-9-29(30)32(46-34)26-7-3-2-4-8-26/h2-16,23H,17-22H2,1H3,(H,44,48)(H,43,45,46). The number of para-hydroxylation sites is 1. The zero-order chi connectivity index (χ0) is 34.3. The molecule has 0 fully saturated rings. The number of aryl methyl sites for hydroxylation is 1. The topological polar surface area (TPSA) is 70.2 Å². The van der Waals surface area contributed by atoms with Crippen LogP contribution in [-0.4, -0.2) is 52.8 Å². The van der Waals surface area contributed by atoms with E-state index in [-0.39, 0.29) is 18.9 Å². The molecule has 0 aliphatic carbocycles. The summed E-state index contributed by atoms with van der Waals surface area (Å²) in [6.07, 6.45) is -11.1. The largest absolute Gasteiger partial charge is 0.390 e. The summed E-state index contributed by atoms with van der Waals surface area (Å²) in [7, 11) is 0. The van der Waals surface area contributed by atoms with Crippen LogP contribution in [0.2, 0.25) is 0 Å². The van der Waals surface area contributed by atoms with Crippen molar-refractivity contribution in [1.29, 1.82) is 0 Å². The SMILES string of the molecule is Cc1ccc(CCN(CCC(F)(F)F)CCC(F)(F)F)cc1NC(=O)c1ccc(Nc2nc(-c3ccccc3)c3ccccc3n2)cc1. The molecule has 1 amide bonds. The summed E-state index contributed by atoms with van der Waals surface area (Å²) >= 11 is 0. The highest BCUT2D eigenvalue weighted by atomic mass is 19.4. The van der Waals surface area contributed by atoms with Crippen LogP contribution in [0, 0.1) is 6.92 Å². The van der Waals surface area contributed by atoms with E-state index < -0.39 is 38.3 Å². The summed E-state index contributed by atoms with van der Waals surface area (Å²) in [6.45, 7) is 0.742. The predicted molar refractivity (Wildman–Crippen MR) is 175 cm³/mol. The quantitative estimate of drug-likeness (QED) is 0.130. The number of fused-ring (bicyclic) bond motifs is 1. The van der Waals surface area contributed by atoms with E-state index in [0.717, 1.165) is 27.7 Å². The number of hydrogen-bond donors (Lipinski definition) is 2. The Morgan fingerprint density at radius 1 is 0.750 bits per heavy atom. The Morgan fingerprint density at radius 3 is 2.06 bits per heavy atom. The van der Waals surface area contributed by atoms with Gasteiger partial charge in [0.15, 0.2) is 0 Å². The van der Waals surface area contributed by atoms with E-state index in [4.69, 9.17) is 4.98 Å². The second-order valence-electron chi connectivity index (χ2n) is 11.4. The van der Waals surface area contributed by atoms with Crippen molar-refractivity contribution in [2.75, 3.05) is 30.3 Å². The fourth-order valence-corrected chi connectivity index (χ4v) is 5.13. The molecule has 0 aliphatic heterocycles. The molecule has 6 nitrogen and oxygen atoms in total. The first kappa shape index (κ1) is 34.4. The van der Waals surface area contributed by atoms with Gasteiger partial charge >= 0.3 is 12.4 Å². The molecule has 0 saturated heterocycles. The molecule has 250 valence electrons. The van der Waals surface area contributed by atoms with E-state index >= 15 is 0 Å². The van der Waals surface area contributed by atoms with Gasteiger partial charge in [-0.2, -0.15) is 26.3 Å². The van der Waals surface area contributed by atoms with Crippen LogP contribution >= 0.6 is 0 Å². The van der Waals surface area contributed by atoms with Crippen LogP contribution in [0.1, 0.15) is 34.3 Å². The van der Waals surface area contributed by atoms with Gasteiger partial charge in [0.1, 0.15) is 0 Å². The molecule has 0 spiro atoms. The third-order valence-corrected chi connectivity index (χ3v) is 7.74. The molecule has 0 radical (unpaired) electrons. The van der Waals surface area contributed by atoms with Crippen LogP contribution in [0.5, 0.6) is 0 Å². The zero-order valence-corrected chi connectivity index (χ0v) is 26.0. The van der Waals surface area contributed by atoms with Gasteiger partial charge in [-0.1, -0.05) is 60.7 Å². The molecule has 5 aromatic rings. The minimum absolute atomic E-state index is 0.00480. The molecule has 12 heteroatoms. The third-order valence-electron chi connectivity index (χ3n) is 7.74. The molecule has 0 unspecified atom stereocenters. The number of nitrogens with zero attached hydrogens (tertiary/aromatic N) is 3. The summed E-state index contributed by atoms with van der Waals surface area (Å²) in [4.78, 5) is 23.7. The van der Waals surface area contributed by atoms with E-state index in [1.807, 2.05) is 54.6 Å². The van der Waals surface area contributed by atoms with Crippen molar-refractivity contribution in [2.45, 2.75) is 38.5 Å². The van der Waals surface area contributed by atoms with Crippen molar-refractivity contribution in [3.63, 3.8) is 0 Å². The molecule has 0 saturated carbocycles. The van der Waals surface area contributed by atoms with Crippen LogP contribution in [0.3, 0.4) is 0 Å². The summed E-state index contributed by atoms with van der Waals surface area (Å²) < 4.78 is 76.6. The van der Waals surface area contributed by atoms with Gasteiger partial charge in [-0.05, 0) is 60.9 Å². The number of carbonyl (C=O) groups is 1. The Labute approximate surface area is 273 Å². The highest BCUT2D eigenvalue weighted by Crippen LogP contribution is 2.29. The molecule has 1 aromatic heterocycles. The summed E-state index contributed by atoms with van der Waals surface area (Å²) in [6, 6.07) is 29.5. The van der Waals surface area contributed by atoms with Gasteiger partial charge in [-0.25, -0.2) is 9.97 Å². The lowest BCUT2D eigenvalue weighted by Crippen LogP contribution is -2.33.